The van der Waals surface area contributed by atoms with E-state index >= 15 is 0 Å². The summed E-state index contributed by atoms with van der Waals surface area (Å²) >= 11 is 0. The average Bonchev–Trinajstić information content (AvgIpc) is 3.26. The van der Waals surface area contributed by atoms with Gasteiger partial charge in [0.05, 0.1) is 6.42 Å². The summed E-state index contributed by atoms with van der Waals surface area (Å²) in [5.74, 6) is -1.06. The van der Waals surface area contributed by atoms with Crippen LogP contribution in [0, 0.1) is 0 Å². The number of unbranched alkanes of at least 4 members (excludes halogenated alkanes) is 22. The van der Waals surface area contributed by atoms with Crippen molar-refractivity contribution in [2.24, 2.45) is 0 Å². The van der Waals surface area contributed by atoms with Crippen LogP contribution in [-0.2, 0) is 28.6 Å². The first-order chi connectivity index (χ1) is 30.0. The smallest absolute Gasteiger partial charge is 0.309 e. The van der Waals surface area contributed by atoms with E-state index in [9.17, 15) is 14.4 Å². The molecule has 61 heavy (non-hydrogen) atoms. The Morgan fingerprint density at radius 3 is 1.31 bits per heavy atom. The number of esters is 3. The van der Waals surface area contributed by atoms with Crippen LogP contribution in [0.15, 0.2) is 85.1 Å². The van der Waals surface area contributed by atoms with E-state index in [1.54, 1.807) is 6.08 Å². The predicted molar refractivity (Wildman–Crippen MR) is 261 cm³/mol. The molecule has 0 radical (unpaired) electrons. The fraction of sp³-hybridized carbons (Fsp3) is 0.691. The highest BCUT2D eigenvalue weighted by Crippen LogP contribution is 2.14. The lowest BCUT2D eigenvalue weighted by atomic mass is 10.1. The molecule has 0 amide bonds. The molecule has 6 nitrogen and oxygen atoms in total. The average molecular weight is 849 g/mol. The first-order valence-electron chi connectivity index (χ1n) is 25.1. The molecule has 0 aliphatic rings. The first-order valence-corrected chi connectivity index (χ1v) is 25.1. The number of ether oxygens (including phenoxy) is 3. The summed E-state index contributed by atoms with van der Waals surface area (Å²) in [6, 6.07) is 0. The van der Waals surface area contributed by atoms with Gasteiger partial charge in [0, 0.05) is 12.8 Å². The number of rotatable bonds is 44. The van der Waals surface area contributed by atoms with Crippen molar-refractivity contribution in [2.45, 2.75) is 232 Å². The molecule has 0 aromatic carbocycles. The zero-order chi connectivity index (χ0) is 44.4. The number of hydrogen-bond acceptors (Lipinski definition) is 6. The minimum Gasteiger partial charge on any atom is -0.462 e. The molecule has 6 heteroatoms. The minimum atomic E-state index is -0.819. The van der Waals surface area contributed by atoms with Crippen LogP contribution in [0.25, 0.3) is 0 Å². The Balaban J connectivity index is 4.37. The zero-order valence-electron chi connectivity index (χ0n) is 39.7. The lowest BCUT2D eigenvalue weighted by Crippen LogP contribution is -2.30. The Labute approximate surface area is 375 Å². The third kappa shape index (κ3) is 47.5. The van der Waals surface area contributed by atoms with Gasteiger partial charge in [-0.2, -0.15) is 0 Å². The van der Waals surface area contributed by atoms with Gasteiger partial charge in [-0.1, -0.05) is 215 Å². The van der Waals surface area contributed by atoms with Gasteiger partial charge in [-0.3, -0.25) is 14.4 Å². The minimum absolute atomic E-state index is 0.111. The molecule has 0 aromatic heterocycles. The van der Waals surface area contributed by atoms with E-state index in [-0.39, 0.29) is 31.6 Å². The van der Waals surface area contributed by atoms with E-state index in [2.05, 4.69) is 93.7 Å². The normalized spacial score (nSPS) is 12.8. The fourth-order valence-corrected chi connectivity index (χ4v) is 6.73. The Morgan fingerprint density at radius 1 is 0.377 bits per heavy atom. The highest BCUT2D eigenvalue weighted by molar-refractivity contribution is 5.72. The van der Waals surface area contributed by atoms with Crippen LogP contribution in [0.1, 0.15) is 226 Å². The van der Waals surface area contributed by atoms with Crippen molar-refractivity contribution in [1.29, 1.82) is 0 Å². The Hall–Kier alpha value is -3.41. The predicted octanol–water partition coefficient (Wildman–Crippen LogP) is 16.4. The maximum atomic E-state index is 12.7. The van der Waals surface area contributed by atoms with Gasteiger partial charge >= 0.3 is 17.9 Å². The van der Waals surface area contributed by atoms with Crippen LogP contribution in [0.2, 0.25) is 0 Å². The molecule has 0 saturated heterocycles. The Bertz CT molecular complexity index is 1200. The molecule has 0 bridgehead atoms. The second-order valence-corrected chi connectivity index (χ2v) is 16.4. The van der Waals surface area contributed by atoms with Gasteiger partial charge in [-0.15, -0.1) is 0 Å². The standard InChI is InChI=1S/C55H92O6/c1-4-7-10-13-16-19-21-23-25-26-27-28-30-31-33-36-39-42-45-48-54(57)60-51-52(50-59-53(56)47-44-41-38-35-18-15-12-9-6-3)61-55(58)49-46-43-40-37-34-32-29-24-22-20-17-14-11-8-5-2/h8-9,11-12,14,17-18,20,22,26-27,35,41,44,52H,4-7,10,13,15-16,19,21,23-25,28-34,36-40,42-43,45-51H2,1-3H3/b11-8-,12-9-,17-14-,22-20-,27-26-,35-18-,44-41-. The molecule has 0 N–H and O–H groups in total. The van der Waals surface area contributed by atoms with Gasteiger partial charge < -0.3 is 14.2 Å². The Kier molecular flexibility index (Phi) is 46.5. The number of carbonyl (C=O) groups is 3. The molecule has 0 aromatic rings. The van der Waals surface area contributed by atoms with Crippen LogP contribution in [-0.4, -0.2) is 37.2 Å². The lowest BCUT2D eigenvalue weighted by Gasteiger charge is -2.18. The van der Waals surface area contributed by atoms with Crippen LogP contribution >= 0.6 is 0 Å². The van der Waals surface area contributed by atoms with Crippen LogP contribution in [0.5, 0.6) is 0 Å². The maximum absolute atomic E-state index is 12.7. The van der Waals surface area contributed by atoms with Crippen molar-refractivity contribution < 1.29 is 28.6 Å². The van der Waals surface area contributed by atoms with Gasteiger partial charge in [0.25, 0.3) is 0 Å². The van der Waals surface area contributed by atoms with Crippen molar-refractivity contribution in [1.82, 2.24) is 0 Å². The summed E-state index contributed by atoms with van der Waals surface area (Å²) in [4.78, 5) is 37.8. The van der Waals surface area contributed by atoms with Gasteiger partial charge in [-0.05, 0) is 77.0 Å². The van der Waals surface area contributed by atoms with Crippen LogP contribution in [0.4, 0.5) is 0 Å². The number of carbonyl (C=O) groups excluding carboxylic acids is 3. The molecule has 1 atom stereocenters. The van der Waals surface area contributed by atoms with Crippen LogP contribution in [0.3, 0.4) is 0 Å². The monoisotopic (exact) mass is 849 g/mol. The van der Waals surface area contributed by atoms with Crippen molar-refractivity contribution >= 4 is 17.9 Å². The van der Waals surface area contributed by atoms with Gasteiger partial charge in [0.1, 0.15) is 13.2 Å². The van der Waals surface area contributed by atoms with Crippen molar-refractivity contribution in [3.63, 3.8) is 0 Å². The molecule has 0 aliphatic carbocycles. The summed E-state index contributed by atoms with van der Waals surface area (Å²) in [6.45, 7) is 6.27. The highest BCUT2D eigenvalue weighted by atomic mass is 16.6. The molecular weight excluding hydrogens is 757 g/mol. The van der Waals surface area contributed by atoms with E-state index in [1.807, 2.05) is 6.08 Å². The molecule has 0 spiro atoms. The third-order valence-corrected chi connectivity index (χ3v) is 10.5. The number of hydrogen-bond donors (Lipinski definition) is 0. The molecule has 0 aliphatic heterocycles. The van der Waals surface area contributed by atoms with Gasteiger partial charge in [-0.25, -0.2) is 0 Å². The van der Waals surface area contributed by atoms with Crippen molar-refractivity contribution in [2.75, 3.05) is 13.2 Å². The van der Waals surface area contributed by atoms with Crippen molar-refractivity contribution in [3.8, 4) is 0 Å². The molecule has 0 rings (SSSR count). The number of allylic oxidation sites excluding steroid dienone is 13. The molecule has 0 saturated carbocycles. The fourth-order valence-electron chi connectivity index (χ4n) is 6.73. The summed E-state index contributed by atoms with van der Waals surface area (Å²) < 4.78 is 16.6. The Morgan fingerprint density at radius 2 is 0.787 bits per heavy atom. The molecule has 0 fully saturated rings. The van der Waals surface area contributed by atoms with E-state index in [1.165, 1.54) is 109 Å². The van der Waals surface area contributed by atoms with Crippen LogP contribution < -0.4 is 0 Å². The lowest BCUT2D eigenvalue weighted by molar-refractivity contribution is -0.166. The van der Waals surface area contributed by atoms with E-state index in [0.29, 0.717) is 12.8 Å². The van der Waals surface area contributed by atoms with E-state index < -0.39 is 12.1 Å². The zero-order valence-corrected chi connectivity index (χ0v) is 39.7. The van der Waals surface area contributed by atoms with Crippen molar-refractivity contribution in [3.05, 3.63) is 85.1 Å². The maximum Gasteiger partial charge on any atom is 0.309 e. The molecular formula is C55H92O6. The summed E-state index contributed by atoms with van der Waals surface area (Å²) in [5.41, 5.74) is 0. The topological polar surface area (TPSA) is 78.9 Å². The summed E-state index contributed by atoms with van der Waals surface area (Å²) in [5, 5.41) is 0. The summed E-state index contributed by atoms with van der Waals surface area (Å²) in [6.07, 6.45) is 63.2. The highest BCUT2D eigenvalue weighted by Gasteiger charge is 2.19. The third-order valence-electron chi connectivity index (χ3n) is 10.5. The van der Waals surface area contributed by atoms with Gasteiger partial charge in [0.2, 0.25) is 0 Å². The summed E-state index contributed by atoms with van der Waals surface area (Å²) in [7, 11) is 0. The van der Waals surface area contributed by atoms with E-state index in [4.69, 9.17) is 14.2 Å². The molecule has 0 heterocycles. The largest absolute Gasteiger partial charge is 0.462 e. The second-order valence-electron chi connectivity index (χ2n) is 16.4. The molecule has 348 valence electrons. The SMILES string of the molecule is CC\C=C/C=C\C=C/CCCCCCCCCC(=O)OC(COC(=O)C/C=C\C/C=C\C/C=C\CC)COC(=O)CCCCCCCCC/C=C\CCCCCCCCCC. The van der Waals surface area contributed by atoms with Gasteiger partial charge in [0.15, 0.2) is 6.10 Å². The van der Waals surface area contributed by atoms with E-state index in [0.717, 1.165) is 77.0 Å². The first kappa shape index (κ1) is 57.6. The second kappa shape index (κ2) is 49.2. The quantitative estimate of drug-likeness (QED) is 0.0200. The molecule has 1 unspecified atom stereocenters.